The van der Waals surface area contributed by atoms with Crippen molar-refractivity contribution in [3.05, 3.63) is 69.5 Å². The van der Waals surface area contributed by atoms with Gasteiger partial charge in [-0.15, -0.1) is 11.3 Å². The molecule has 1 amide bonds. The Morgan fingerprint density at radius 3 is 2.88 bits per heavy atom. The van der Waals surface area contributed by atoms with E-state index in [0.717, 1.165) is 22.9 Å². The molecule has 1 aliphatic carbocycles. The second-order valence-corrected chi connectivity index (χ2v) is 7.45. The lowest BCUT2D eigenvalue weighted by molar-refractivity contribution is 0.0950. The molecule has 4 nitrogen and oxygen atoms in total. The molecule has 2 heterocycles. The Balaban J connectivity index is 1.51. The molecule has 0 fully saturated rings. The van der Waals surface area contributed by atoms with Crippen LogP contribution in [0, 0.1) is 13.8 Å². The number of fused-ring (bicyclic) bond motifs is 1. The summed E-state index contributed by atoms with van der Waals surface area (Å²) in [6, 6.07) is 8.51. The Morgan fingerprint density at radius 1 is 1.24 bits per heavy atom. The van der Waals surface area contributed by atoms with Crippen molar-refractivity contribution in [2.24, 2.45) is 0 Å². The standard InChI is InChI=1S/C20H21N3OS/c1-13-10-18(14(2)23(13)20-21-8-9-25-20)19(24)22-12-15-6-7-16-4-3-5-17(16)11-15/h6-11H,3-5,12H2,1-2H3,(H,22,24). The summed E-state index contributed by atoms with van der Waals surface area (Å²) in [5.74, 6) is -0.0311. The van der Waals surface area contributed by atoms with E-state index >= 15 is 0 Å². The van der Waals surface area contributed by atoms with E-state index in [4.69, 9.17) is 0 Å². The summed E-state index contributed by atoms with van der Waals surface area (Å²) in [6.07, 6.45) is 5.37. The normalized spacial score (nSPS) is 13.0. The fourth-order valence-electron chi connectivity index (χ4n) is 3.63. The lowest BCUT2D eigenvalue weighted by Gasteiger charge is -2.08. The molecule has 0 radical (unpaired) electrons. The van der Waals surface area contributed by atoms with Gasteiger partial charge in [0.25, 0.3) is 5.91 Å². The van der Waals surface area contributed by atoms with E-state index < -0.39 is 0 Å². The summed E-state index contributed by atoms with van der Waals surface area (Å²) in [4.78, 5) is 17.0. The maximum Gasteiger partial charge on any atom is 0.253 e. The Hall–Kier alpha value is -2.40. The third-order valence-corrected chi connectivity index (χ3v) is 5.66. The van der Waals surface area contributed by atoms with Crippen molar-refractivity contribution in [2.75, 3.05) is 0 Å². The van der Waals surface area contributed by atoms with Crippen molar-refractivity contribution < 1.29 is 4.79 Å². The second kappa shape index (κ2) is 6.48. The number of carbonyl (C=O) groups is 1. The summed E-state index contributed by atoms with van der Waals surface area (Å²) in [7, 11) is 0. The number of rotatable bonds is 4. The van der Waals surface area contributed by atoms with Crippen LogP contribution in [0.15, 0.2) is 35.8 Å². The minimum atomic E-state index is -0.0311. The minimum Gasteiger partial charge on any atom is -0.348 e. The molecule has 1 aliphatic rings. The number of amides is 1. The van der Waals surface area contributed by atoms with Crippen LogP contribution in [0.4, 0.5) is 0 Å². The highest BCUT2D eigenvalue weighted by molar-refractivity contribution is 7.12. The number of thiazole rings is 1. The summed E-state index contributed by atoms with van der Waals surface area (Å²) in [5, 5.41) is 5.91. The highest BCUT2D eigenvalue weighted by Gasteiger charge is 2.18. The Morgan fingerprint density at radius 2 is 2.08 bits per heavy atom. The lowest BCUT2D eigenvalue weighted by atomic mass is 10.1. The van der Waals surface area contributed by atoms with Crippen LogP contribution in [-0.2, 0) is 19.4 Å². The fraction of sp³-hybridized carbons (Fsp3) is 0.300. The molecule has 128 valence electrons. The summed E-state index contributed by atoms with van der Waals surface area (Å²) < 4.78 is 2.04. The zero-order chi connectivity index (χ0) is 17.4. The quantitative estimate of drug-likeness (QED) is 0.773. The lowest BCUT2D eigenvalue weighted by Crippen LogP contribution is -2.23. The van der Waals surface area contributed by atoms with E-state index in [1.165, 1.54) is 29.5 Å². The predicted octanol–water partition coefficient (Wildman–Crippen LogP) is 3.97. The average molecular weight is 351 g/mol. The minimum absolute atomic E-state index is 0.0311. The van der Waals surface area contributed by atoms with Gasteiger partial charge >= 0.3 is 0 Å². The summed E-state index contributed by atoms with van der Waals surface area (Å²) in [5.41, 5.74) is 6.74. The molecule has 0 aliphatic heterocycles. The number of aromatic nitrogens is 2. The first-order valence-electron chi connectivity index (χ1n) is 8.61. The zero-order valence-electron chi connectivity index (χ0n) is 14.5. The smallest absolute Gasteiger partial charge is 0.253 e. The molecule has 0 saturated carbocycles. The Labute approximate surface area is 151 Å². The highest BCUT2D eigenvalue weighted by atomic mass is 32.1. The van der Waals surface area contributed by atoms with E-state index in [2.05, 4.69) is 28.5 Å². The predicted molar refractivity (Wildman–Crippen MR) is 101 cm³/mol. The van der Waals surface area contributed by atoms with Gasteiger partial charge in [0.1, 0.15) is 0 Å². The van der Waals surface area contributed by atoms with Gasteiger partial charge in [0.05, 0.1) is 5.56 Å². The highest BCUT2D eigenvalue weighted by Crippen LogP contribution is 2.24. The van der Waals surface area contributed by atoms with Crippen LogP contribution in [0.1, 0.15) is 44.9 Å². The fourth-order valence-corrected chi connectivity index (χ4v) is 4.38. The van der Waals surface area contributed by atoms with E-state index in [0.29, 0.717) is 12.1 Å². The van der Waals surface area contributed by atoms with Crippen LogP contribution < -0.4 is 5.32 Å². The van der Waals surface area contributed by atoms with Crippen LogP contribution in [0.3, 0.4) is 0 Å². The number of nitrogens with zero attached hydrogens (tertiary/aromatic N) is 2. The van der Waals surface area contributed by atoms with Crippen LogP contribution >= 0.6 is 11.3 Å². The first kappa shape index (κ1) is 16.1. The van der Waals surface area contributed by atoms with Crippen molar-refractivity contribution in [2.45, 2.75) is 39.7 Å². The van der Waals surface area contributed by atoms with Crippen molar-refractivity contribution in [1.82, 2.24) is 14.9 Å². The van der Waals surface area contributed by atoms with Gasteiger partial charge in [-0.05, 0) is 55.9 Å². The van der Waals surface area contributed by atoms with E-state index in [9.17, 15) is 4.79 Å². The molecule has 0 unspecified atom stereocenters. The van der Waals surface area contributed by atoms with Crippen LogP contribution in [0.5, 0.6) is 0 Å². The maximum atomic E-state index is 12.7. The van der Waals surface area contributed by atoms with E-state index in [1.807, 2.05) is 29.9 Å². The summed E-state index contributed by atoms with van der Waals surface area (Å²) >= 11 is 1.57. The van der Waals surface area contributed by atoms with Crippen molar-refractivity contribution in [3.8, 4) is 5.13 Å². The molecule has 0 spiro atoms. The molecule has 2 aromatic heterocycles. The molecule has 1 N–H and O–H groups in total. The maximum absolute atomic E-state index is 12.7. The molecule has 0 bridgehead atoms. The van der Waals surface area contributed by atoms with Crippen LogP contribution in [0.25, 0.3) is 5.13 Å². The number of hydrogen-bond donors (Lipinski definition) is 1. The SMILES string of the molecule is Cc1cc(C(=O)NCc2ccc3c(c2)CCC3)c(C)n1-c1nccs1. The summed E-state index contributed by atoms with van der Waals surface area (Å²) in [6.45, 7) is 4.54. The third-order valence-electron chi connectivity index (χ3n) is 4.90. The van der Waals surface area contributed by atoms with Gasteiger partial charge < -0.3 is 5.32 Å². The monoisotopic (exact) mass is 351 g/mol. The molecule has 25 heavy (non-hydrogen) atoms. The number of nitrogens with one attached hydrogen (secondary N) is 1. The van der Waals surface area contributed by atoms with Crippen LogP contribution in [0.2, 0.25) is 0 Å². The van der Waals surface area contributed by atoms with Gasteiger partial charge in [-0.25, -0.2) is 4.98 Å². The van der Waals surface area contributed by atoms with Crippen molar-refractivity contribution in [1.29, 1.82) is 0 Å². The zero-order valence-corrected chi connectivity index (χ0v) is 15.3. The van der Waals surface area contributed by atoms with Gasteiger partial charge in [0, 0.05) is 29.5 Å². The number of carbonyl (C=O) groups excluding carboxylic acids is 1. The molecule has 0 saturated heterocycles. The number of benzene rings is 1. The Kier molecular flexibility index (Phi) is 4.17. The first-order valence-corrected chi connectivity index (χ1v) is 9.49. The van der Waals surface area contributed by atoms with Crippen molar-refractivity contribution >= 4 is 17.2 Å². The molecular weight excluding hydrogens is 330 g/mol. The van der Waals surface area contributed by atoms with Crippen molar-refractivity contribution in [3.63, 3.8) is 0 Å². The van der Waals surface area contributed by atoms with E-state index in [-0.39, 0.29) is 5.91 Å². The molecule has 5 heteroatoms. The largest absolute Gasteiger partial charge is 0.348 e. The third kappa shape index (κ3) is 3.00. The Bertz CT molecular complexity index is 925. The van der Waals surface area contributed by atoms with E-state index in [1.54, 1.807) is 17.5 Å². The van der Waals surface area contributed by atoms with Gasteiger partial charge in [-0.1, -0.05) is 18.2 Å². The molecule has 4 rings (SSSR count). The first-order chi connectivity index (χ1) is 12.1. The molecule has 0 atom stereocenters. The van der Waals surface area contributed by atoms with Gasteiger partial charge in [-0.2, -0.15) is 0 Å². The molecule has 1 aromatic carbocycles. The van der Waals surface area contributed by atoms with Gasteiger partial charge in [-0.3, -0.25) is 9.36 Å². The average Bonchev–Trinajstić information content (AvgIpc) is 3.32. The second-order valence-electron chi connectivity index (χ2n) is 6.57. The number of hydrogen-bond acceptors (Lipinski definition) is 3. The topological polar surface area (TPSA) is 46.9 Å². The molecular formula is C20H21N3OS. The molecule has 3 aromatic rings. The van der Waals surface area contributed by atoms with Crippen LogP contribution in [-0.4, -0.2) is 15.5 Å². The van der Waals surface area contributed by atoms with Gasteiger partial charge in [0.2, 0.25) is 0 Å². The van der Waals surface area contributed by atoms with Gasteiger partial charge in [0.15, 0.2) is 5.13 Å². The number of aryl methyl sites for hydroxylation is 3.